The van der Waals surface area contributed by atoms with Crippen molar-refractivity contribution in [3.05, 3.63) is 41.4 Å². The Morgan fingerprint density at radius 2 is 2.07 bits per heavy atom. The average Bonchev–Trinajstić information content (AvgIpc) is 2.26. The van der Waals surface area contributed by atoms with Gasteiger partial charge in [-0.05, 0) is 12.1 Å². The highest BCUT2D eigenvalue weighted by molar-refractivity contribution is 5.78. The van der Waals surface area contributed by atoms with Gasteiger partial charge in [-0.25, -0.2) is 4.98 Å². The van der Waals surface area contributed by atoms with Gasteiger partial charge in [0.1, 0.15) is 0 Å². The van der Waals surface area contributed by atoms with Gasteiger partial charge in [-0.15, -0.1) is 0 Å². The molecule has 4 heteroatoms. The molecule has 0 N–H and O–H groups in total. The van der Waals surface area contributed by atoms with Crippen LogP contribution < -0.4 is 0 Å². The molecule has 0 saturated heterocycles. The van der Waals surface area contributed by atoms with Crippen LogP contribution in [0, 0.1) is 5.21 Å². The second-order valence-corrected chi connectivity index (χ2v) is 3.05. The number of benzene rings is 1. The van der Waals surface area contributed by atoms with Gasteiger partial charge in [-0.1, -0.05) is 12.1 Å². The third kappa shape index (κ3) is 2.18. The van der Waals surface area contributed by atoms with Gasteiger partial charge in [0.25, 0.3) is 0 Å². The Hall–Kier alpha value is -2.19. The summed E-state index contributed by atoms with van der Waals surface area (Å²) in [5, 5.41) is 10.6. The van der Waals surface area contributed by atoms with E-state index in [1.54, 1.807) is 6.20 Å². The maximum Gasteiger partial charge on any atom is 0.181 e. The highest BCUT2D eigenvalue weighted by Gasteiger charge is 1.95. The van der Waals surface area contributed by atoms with E-state index in [2.05, 4.69) is 15.8 Å². The molecule has 74 valence electrons. The van der Waals surface area contributed by atoms with E-state index >= 15 is 0 Å². The average molecular weight is 199 g/mol. The van der Waals surface area contributed by atoms with Crippen molar-refractivity contribution in [2.45, 2.75) is 0 Å². The Kier molecular flexibility index (Phi) is 2.44. The molecular formula is C11H9N3O. The highest BCUT2D eigenvalue weighted by Crippen LogP contribution is 2.08. The third-order valence-corrected chi connectivity index (χ3v) is 1.86. The van der Waals surface area contributed by atoms with Gasteiger partial charge < -0.3 is 5.21 Å². The van der Waals surface area contributed by atoms with Crippen molar-refractivity contribution >= 4 is 23.0 Å². The van der Waals surface area contributed by atoms with E-state index < -0.39 is 0 Å². The van der Waals surface area contributed by atoms with Crippen molar-refractivity contribution in [3.63, 3.8) is 0 Å². The lowest BCUT2D eigenvalue weighted by atomic mass is 10.3. The van der Waals surface area contributed by atoms with Gasteiger partial charge in [0, 0.05) is 0 Å². The monoisotopic (exact) mass is 199 g/mol. The minimum Gasteiger partial charge on any atom is -0.615 e. The molecule has 0 aliphatic rings. The van der Waals surface area contributed by atoms with Gasteiger partial charge in [-0.3, -0.25) is 4.98 Å². The molecule has 0 fully saturated rings. The van der Waals surface area contributed by atoms with Gasteiger partial charge in [0.05, 0.1) is 29.0 Å². The molecule has 0 amide bonds. The molecule has 0 spiro atoms. The smallest absolute Gasteiger partial charge is 0.181 e. The Bertz CT molecular complexity index is 553. The van der Waals surface area contributed by atoms with Crippen LogP contribution in [0.2, 0.25) is 0 Å². The van der Waals surface area contributed by atoms with Gasteiger partial charge >= 0.3 is 0 Å². The summed E-state index contributed by atoms with van der Waals surface area (Å²) in [7, 11) is 1.37. The summed E-state index contributed by atoms with van der Waals surface area (Å²) < 4.78 is 0.594. The first-order valence-electron chi connectivity index (χ1n) is 4.48. The molecule has 0 atom stereocenters. The first kappa shape index (κ1) is 9.37. The number of hydrogen-bond donors (Lipinski definition) is 0. The molecule has 1 aromatic heterocycles. The number of fused-ring (bicyclic) bond motifs is 1. The minimum absolute atomic E-state index is 0.594. The van der Waals surface area contributed by atoms with Crippen molar-refractivity contribution in [1.82, 2.24) is 9.97 Å². The van der Waals surface area contributed by atoms with Crippen molar-refractivity contribution in [3.8, 4) is 0 Å². The number of hydrogen-bond acceptors (Lipinski definition) is 3. The normalized spacial score (nSPS) is 9.67. The molecule has 0 bridgehead atoms. The van der Waals surface area contributed by atoms with Crippen molar-refractivity contribution < 1.29 is 4.74 Å². The molecule has 0 saturated carbocycles. The maximum atomic E-state index is 10.6. The van der Waals surface area contributed by atoms with Gasteiger partial charge in [0.15, 0.2) is 12.9 Å². The van der Waals surface area contributed by atoms with Crippen LogP contribution in [0.4, 0.5) is 0 Å². The van der Waals surface area contributed by atoms with E-state index in [9.17, 15) is 5.21 Å². The van der Waals surface area contributed by atoms with Crippen LogP contribution in [-0.4, -0.2) is 27.6 Å². The quantitative estimate of drug-likeness (QED) is 0.302. The lowest BCUT2D eigenvalue weighted by Crippen LogP contribution is -1.91. The molecule has 1 aromatic carbocycles. The second kappa shape index (κ2) is 3.90. The fourth-order valence-electron chi connectivity index (χ4n) is 1.20. The van der Waals surface area contributed by atoms with E-state index in [4.69, 9.17) is 0 Å². The predicted molar refractivity (Wildman–Crippen MR) is 58.6 cm³/mol. The van der Waals surface area contributed by atoms with Crippen LogP contribution in [0.25, 0.3) is 17.1 Å². The second-order valence-electron chi connectivity index (χ2n) is 3.05. The van der Waals surface area contributed by atoms with Crippen LogP contribution in [0.15, 0.2) is 30.5 Å². The number of rotatable bonds is 1. The van der Waals surface area contributed by atoms with Gasteiger partial charge in [-0.2, -0.15) is 4.74 Å². The largest absolute Gasteiger partial charge is 0.615 e. The topological polar surface area (TPSA) is 51.9 Å². The molecular weight excluding hydrogens is 190 g/mol. The van der Waals surface area contributed by atoms with Gasteiger partial charge in [0.2, 0.25) is 0 Å². The first-order valence-corrected chi connectivity index (χ1v) is 4.48. The van der Waals surface area contributed by atoms with E-state index in [0.717, 1.165) is 11.0 Å². The number of nitrogens with zero attached hydrogens (tertiary/aromatic N) is 3. The third-order valence-electron chi connectivity index (χ3n) is 1.86. The Labute approximate surface area is 86.8 Å². The Morgan fingerprint density at radius 1 is 1.33 bits per heavy atom. The van der Waals surface area contributed by atoms with E-state index in [0.29, 0.717) is 10.4 Å². The zero-order chi connectivity index (χ0) is 10.7. The summed E-state index contributed by atoms with van der Waals surface area (Å²) in [6.07, 6.45) is 3.12. The number of hydroxylamine groups is 1. The molecule has 1 heterocycles. The summed E-state index contributed by atoms with van der Waals surface area (Å²) in [5.41, 5.74) is 2.27. The van der Waals surface area contributed by atoms with Crippen LogP contribution >= 0.6 is 0 Å². The van der Waals surface area contributed by atoms with E-state index in [1.807, 2.05) is 24.3 Å². The summed E-state index contributed by atoms with van der Waals surface area (Å²) >= 11 is 0. The first-order chi connectivity index (χ1) is 7.25. The summed E-state index contributed by atoms with van der Waals surface area (Å²) in [4.78, 5) is 8.51. The highest BCUT2D eigenvalue weighted by atomic mass is 16.5. The summed E-state index contributed by atoms with van der Waals surface area (Å²) in [6, 6.07) is 7.57. The standard InChI is InChI=1S/C11H9N3O/c1-14(15)7-6-9-8-12-10-4-2-3-5-11(10)13-9/h2-6,8H,1H3. The molecule has 0 radical (unpaired) electrons. The molecule has 0 aliphatic heterocycles. The molecule has 2 rings (SSSR count). The molecule has 2 aromatic rings. The lowest BCUT2D eigenvalue weighted by molar-refractivity contribution is -0.414. The fraction of sp³-hybridized carbons (Fsp3) is 0.0909. The Morgan fingerprint density at radius 3 is 2.80 bits per heavy atom. The van der Waals surface area contributed by atoms with Crippen LogP contribution in [0.5, 0.6) is 0 Å². The SMILES string of the molecule is C[N+]([O-])=C=Cc1cnc2ccccc2n1. The van der Waals surface area contributed by atoms with Crippen LogP contribution in [0.3, 0.4) is 0 Å². The molecule has 0 unspecified atom stereocenters. The molecule has 15 heavy (non-hydrogen) atoms. The van der Waals surface area contributed by atoms with Crippen molar-refractivity contribution in [1.29, 1.82) is 0 Å². The van der Waals surface area contributed by atoms with E-state index in [-0.39, 0.29) is 0 Å². The van der Waals surface area contributed by atoms with Crippen LogP contribution in [-0.2, 0) is 0 Å². The fourth-order valence-corrected chi connectivity index (χ4v) is 1.20. The Balaban J connectivity index is 2.52. The summed E-state index contributed by atoms with van der Waals surface area (Å²) in [6.45, 7) is 0. The van der Waals surface area contributed by atoms with Crippen LogP contribution in [0.1, 0.15) is 5.69 Å². The predicted octanol–water partition coefficient (Wildman–Crippen LogP) is 1.45. The number of aromatic nitrogens is 2. The van der Waals surface area contributed by atoms with Crippen molar-refractivity contribution in [2.24, 2.45) is 0 Å². The van der Waals surface area contributed by atoms with E-state index in [1.165, 1.54) is 13.1 Å². The number of para-hydroxylation sites is 2. The maximum absolute atomic E-state index is 10.6. The lowest BCUT2D eigenvalue weighted by Gasteiger charge is -1.95. The van der Waals surface area contributed by atoms with Crippen molar-refractivity contribution in [2.75, 3.05) is 7.05 Å². The molecule has 0 aliphatic carbocycles. The summed E-state index contributed by atoms with van der Waals surface area (Å²) in [5.74, 6) is 2.48. The molecule has 4 nitrogen and oxygen atoms in total. The zero-order valence-corrected chi connectivity index (χ0v) is 8.21. The minimum atomic E-state index is 0.594. The zero-order valence-electron chi connectivity index (χ0n) is 8.21.